The number of rotatable bonds is 4. The molecule has 0 amide bonds. The summed E-state index contributed by atoms with van der Waals surface area (Å²) in [4.78, 5) is 1.77. The van der Waals surface area contributed by atoms with Gasteiger partial charge in [-0.1, -0.05) is 26.7 Å². The van der Waals surface area contributed by atoms with E-state index in [0.29, 0.717) is 6.04 Å². The predicted octanol–water partition coefficient (Wildman–Crippen LogP) is 1.58. The third-order valence-corrected chi connectivity index (χ3v) is 1.67. The Morgan fingerprint density at radius 1 is 1.56 bits per heavy atom. The van der Waals surface area contributed by atoms with Crippen molar-refractivity contribution in [2.75, 3.05) is 7.05 Å². The zero-order chi connectivity index (χ0) is 7.28. The molecule has 1 atom stereocenters. The zero-order valence-corrected chi connectivity index (χ0v) is 6.72. The Morgan fingerprint density at radius 3 is 2.44 bits per heavy atom. The van der Waals surface area contributed by atoms with Gasteiger partial charge in [-0.15, -0.1) is 0 Å². The highest BCUT2D eigenvalue weighted by molar-refractivity contribution is 6.04. The second-order valence-corrected chi connectivity index (χ2v) is 2.66. The van der Waals surface area contributed by atoms with Crippen molar-refractivity contribution in [3.63, 3.8) is 0 Å². The molecular weight excluding hydrogens is 109 g/mol. The van der Waals surface area contributed by atoms with Crippen LogP contribution >= 0.6 is 0 Å². The van der Waals surface area contributed by atoms with Crippen molar-refractivity contribution in [2.24, 2.45) is 0 Å². The fraction of sp³-hybridized carbons (Fsp3) is 1.00. The maximum Gasteiger partial charge on any atom is 0.182 e. The molecule has 52 valence electrons. The molecule has 0 aromatic carbocycles. The maximum absolute atomic E-state index is 5.51. The van der Waals surface area contributed by atoms with Crippen LogP contribution in [0.2, 0.25) is 0 Å². The minimum absolute atomic E-state index is 0.532. The molecule has 1 nitrogen and oxygen atoms in total. The summed E-state index contributed by atoms with van der Waals surface area (Å²) >= 11 is 0. The molecule has 0 saturated carbocycles. The summed E-state index contributed by atoms with van der Waals surface area (Å²) in [6.07, 6.45) is 3.75. The molecule has 0 N–H and O–H groups in total. The SMILES string of the molecule is [B]N(C)C(C)CCCC. The Hall–Kier alpha value is 0.0249. The third kappa shape index (κ3) is 4.52. The van der Waals surface area contributed by atoms with Crippen molar-refractivity contribution < 1.29 is 0 Å². The van der Waals surface area contributed by atoms with Crippen LogP contribution in [-0.4, -0.2) is 25.9 Å². The number of hydrogen-bond donors (Lipinski definition) is 0. The van der Waals surface area contributed by atoms with Crippen molar-refractivity contribution >= 4 is 7.98 Å². The molecule has 0 spiro atoms. The summed E-state index contributed by atoms with van der Waals surface area (Å²) in [7, 11) is 7.43. The van der Waals surface area contributed by atoms with Crippen LogP contribution in [0.4, 0.5) is 0 Å². The fourth-order valence-electron chi connectivity index (χ4n) is 0.703. The van der Waals surface area contributed by atoms with E-state index in [4.69, 9.17) is 7.98 Å². The van der Waals surface area contributed by atoms with Crippen LogP contribution in [0, 0.1) is 0 Å². The Kier molecular flexibility index (Phi) is 4.88. The van der Waals surface area contributed by atoms with E-state index < -0.39 is 0 Å². The van der Waals surface area contributed by atoms with Crippen LogP contribution < -0.4 is 0 Å². The van der Waals surface area contributed by atoms with Gasteiger partial charge < -0.3 is 4.81 Å². The third-order valence-electron chi connectivity index (χ3n) is 1.67. The largest absolute Gasteiger partial charge is 0.354 e. The zero-order valence-electron chi connectivity index (χ0n) is 6.72. The van der Waals surface area contributed by atoms with Crippen LogP contribution in [0.15, 0.2) is 0 Å². The minimum atomic E-state index is 0.532. The quantitative estimate of drug-likeness (QED) is 0.515. The average Bonchev–Trinajstić information content (AvgIpc) is 1.82. The van der Waals surface area contributed by atoms with Crippen molar-refractivity contribution in [3.8, 4) is 0 Å². The second-order valence-electron chi connectivity index (χ2n) is 2.66. The lowest BCUT2D eigenvalue weighted by molar-refractivity contribution is 0.387. The topological polar surface area (TPSA) is 3.24 Å². The van der Waals surface area contributed by atoms with Crippen molar-refractivity contribution in [1.82, 2.24) is 4.81 Å². The standard InChI is InChI=1S/C7H16BN/c1-4-5-6-7(2)9(3)8/h7H,4-6H2,1-3H3. The summed E-state index contributed by atoms with van der Waals surface area (Å²) in [5.74, 6) is 0. The minimum Gasteiger partial charge on any atom is -0.354 e. The van der Waals surface area contributed by atoms with Gasteiger partial charge in [-0.25, -0.2) is 0 Å². The van der Waals surface area contributed by atoms with Gasteiger partial charge in [0, 0.05) is 0 Å². The molecule has 0 aromatic rings. The van der Waals surface area contributed by atoms with Gasteiger partial charge in [0.25, 0.3) is 0 Å². The van der Waals surface area contributed by atoms with E-state index >= 15 is 0 Å². The van der Waals surface area contributed by atoms with E-state index in [1.54, 1.807) is 4.81 Å². The predicted molar refractivity (Wildman–Crippen MR) is 42.5 cm³/mol. The Morgan fingerprint density at radius 2 is 2.11 bits per heavy atom. The molecule has 2 radical (unpaired) electrons. The van der Waals surface area contributed by atoms with Gasteiger partial charge >= 0.3 is 0 Å². The smallest absolute Gasteiger partial charge is 0.182 e. The fourth-order valence-corrected chi connectivity index (χ4v) is 0.703. The van der Waals surface area contributed by atoms with E-state index in [2.05, 4.69) is 13.8 Å². The number of nitrogens with zero attached hydrogens (tertiary/aromatic N) is 1. The first kappa shape index (κ1) is 9.02. The van der Waals surface area contributed by atoms with Crippen molar-refractivity contribution in [3.05, 3.63) is 0 Å². The normalized spacial score (nSPS) is 14.2. The first-order valence-electron chi connectivity index (χ1n) is 3.66. The van der Waals surface area contributed by atoms with E-state index in [1.165, 1.54) is 19.3 Å². The molecular formula is C7H16BN. The van der Waals surface area contributed by atoms with Crippen molar-refractivity contribution in [2.45, 2.75) is 39.2 Å². The van der Waals surface area contributed by atoms with E-state index in [-0.39, 0.29) is 0 Å². The van der Waals surface area contributed by atoms with Crippen molar-refractivity contribution in [1.29, 1.82) is 0 Å². The Labute approximate surface area is 59.9 Å². The molecule has 9 heavy (non-hydrogen) atoms. The summed E-state index contributed by atoms with van der Waals surface area (Å²) in [6, 6.07) is 0.532. The first-order valence-corrected chi connectivity index (χ1v) is 3.66. The van der Waals surface area contributed by atoms with Crippen LogP contribution in [0.25, 0.3) is 0 Å². The molecule has 0 rings (SSSR count). The maximum atomic E-state index is 5.51. The summed E-state index contributed by atoms with van der Waals surface area (Å²) in [5, 5.41) is 0. The highest BCUT2D eigenvalue weighted by Gasteiger charge is 2.00. The molecule has 0 heterocycles. The lowest BCUT2D eigenvalue weighted by atomic mass is 10.1. The van der Waals surface area contributed by atoms with E-state index in [9.17, 15) is 0 Å². The Bertz CT molecular complexity index is 63.9. The summed E-state index contributed by atoms with van der Waals surface area (Å²) in [6.45, 7) is 4.35. The Balaban J connectivity index is 3.16. The highest BCUT2D eigenvalue weighted by atomic mass is 15.0. The van der Waals surface area contributed by atoms with Crippen LogP contribution in [0.5, 0.6) is 0 Å². The number of unbranched alkanes of at least 4 members (excludes halogenated alkanes) is 1. The second kappa shape index (κ2) is 4.86. The first-order chi connectivity index (χ1) is 4.18. The molecule has 0 aliphatic carbocycles. The molecule has 0 fully saturated rings. The van der Waals surface area contributed by atoms with Gasteiger partial charge in [-0.3, -0.25) is 0 Å². The lowest BCUT2D eigenvalue weighted by Crippen LogP contribution is -2.25. The molecule has 0 saturated heterocycles. The van der Waals surface area contributed by atoms with E-state index in [0.717, 1.165) is 0 Å². The van der Waals surface area contributed by atoms with E-state index in [1.807, 2.05) is 7.05 Å². The van der Waals surface area contributed by atoms with Crippen LogP contribution in [0.1, 0.15) is 33.1 Å². The summed E-state index contributed by atoms with van der Waals surface area (Å²) in [5.41, 5.74) is 0. The van der Waals surface area contributed by atoms with Gasteiger partial charge in [0.05, 0.1) is 0 Å². The number of hydrogen-bond acceptors (Lipinski definition) is 1. The van der Waals surface area contributed by atoms with Gasteiger partial charge in [0.15, 0.2) is 7.98 Å². The van der Waals surface area contributed by atoms with Gasteiger partial charge in [0.2, 0.25) is 0 Å². The molecule has 1 unspecified atom stereocenters. The summed E-state index contributed by atoms with van der Waals surface area (Å²) < 4.78 is 0. The van der Waals surface area contributed by atoms with Crippen LogP contribution in [0.3, 0.4) is 0 Å². The molecule has 0 aliphatic heterocycles. The molecule has 0 bridgehead atoms. The lowest BCUT2D eigenvalue weighted by Gasteiger charge is -2.19. The van der Waals surface area contributed by atoms with Gasteiger partial charge in [0.1, 0.15) is 0 Å². The van der Waals surface area contributed by atoms with Gasteiger partial charge in [-0.2, -0.15) is 0 Å². The molecule has 0 aliphatic rings. The van der Waals surface area contributed by atoms with Gasteiger partial charge in [-0.05, 0) is 19.5 Å². The molecule has 0 aromatic heterocycles. The average molecular weight is 125 g/mol. The highest BCUT2D eigenvalue weighted by Crippen LogP contribution is 2.02. The monoisotopic (exact) mass is 125 g/mol. The molecule has 2 heteroatoms. The van der Waals surface area contributed by atoms with Crippen LogP contribution in [-0.2, 0) is 0 Å².